The molecule has 2 fully saturated rings. The van der Waals surface area contributed by atoms with Gasteiger partial charge in [-0.3, -0.25) is 4.79 Å². The van der Waals surface area contributed by atoms with E-state index in [0.717, 1.165) is 5.92 Å². The minimum atomic E-state index is 0.190. The van der Waals surface area contributed by atoms with Crippen LogP contribution in [-0.4, -0.2) is 24.5 Å². The van der Waals surface area contributed by atoms with E-state index in [-0.39, 0.29) is 5.91 Å². The molecule has 0 aromatic rings. The summed E-state index contributed by atoms with van der Waals surface area (Å²) in [6.45, 7) is 2.83. The van der Waals surface area contributed by atoms with Gasteiger partial charge in [-0.1, -0.05) is 19.8 Å². The summed E-state index contributed by atoms with van der Waals surface area (Å²) >= 11 is 0. The second-order valence-corrected chi connectivity index (χ2v) is 5.89. The van der Waals surface area contributed by atoms with E-state index in [4.69, 9.17) is 0 Å². The minimum absolute atomic E-state index is 0.190. The lowest BCUT2D eigenvalue weighted by Gasteiger charge is -2.27. The summed E-state index contributed by atoms with van der Waals surface area (Å²) < 4.78 is 0. The summed E-state index contributed by atoms with van der Waals surface area (Å²) in [5, 5.41) is 6.53. The number of hydrogen-bond donors (Lipinski definition) is 2. The van der Waals surface area contributed by atoms with Gasteiger partial charge in [-0.05, 0) is 44.4 Å². The van der Waals surface area contributed by atoms with Crippen LogP contribution in [0.2, 0.25) is 0 Å². The maximum atomic E-state index is 11.7. The third-order valence-corrected chi connectivity index (χ3v) is 4.29. The van der Waals surface area contributed by atoms with Gasteiger partial charge in [0.2, 0.25) is 5.91 Å². The van der Waals surface area contributed by atoms with Crippen LogP contribution < -0.4 is 10.6 Å². The molecule has 0 radical (unpaired) electrons. The summed E-state index contributed by atoms with van der Waals surface area (Å²) in [6.07, 6.45) is 9.98. The van der Waals surface area contributed by atoms with Crippen LogP contribution in [0.15, 0.2) is 0 Å². The Morgan fingerprint density at radius 3 is 2.29 bits per heavy atom. The van der Waals surface area contributed by atoms with Gasteiger partial charge in [0.1, 0.15) is 0 Å². The molecule has 3 heteroatoms. The first-order valence-electron chi connectivity index (χ1n) is 7.27. The van der Waals surface area contributed by atoms with E-state index in [1.807, 2.05) is 0 Å². The average Bonchev–Trinajstić information content (AvgIpc) is 2.81. The van der Waals surface area contributed by atoms with E-state index in [2.05, 4.69) is 17.6 Å². The lowest BCUT2D eigenvalue weighted by atomic mass is 9.87. The van der Waals surface area contributed by atoms with Crippen LogP contribution in [0, 0.1) is 5.92 Å². The number of hydrogen-bond acceptors (Lipinski definition) is 2. The molecule has 0 unspecified atom stereocenters. The normalized spacial score (nSPS) is 30.4. The van der Waals surface area contributed by atoms with E-state index in [9.17, 15) is 4.79 Å². The van der Waals surface area contributed by atoms with Gasteiger partial charge in [-0.25, -0.2) is 0 Å². The molecular formula is C14H26N2O. The van der Waals surface area contributed by atoms with Crippen molar-refractivity contribution in [3.8, 4) is 0 Å². The highest BCUT2D eigenvalue weighted by Crippen LogP contribution is 2.23. The second-order valence-electron chi connectivity index (χ2n) is 5.89. The van der Waals surface area contributed by atoms with Gasteiger partial charge in [0, 0.05) is 12.1 Å². The third kappa shape index (κ3) is 4.30. The molecule has 0 spiro atoms. The molecule has 1 amide bonds. The maximum Gasteiger partial charge on any atom is 0.234 e. The zero-order chi connectivity index (χ0) is 12.1. The summed E-state index contributed by atoms with van der Waals surface area (Å²) in [5.41, 5.74) is 0. The first-order valence-corrected chi connectivity index (χ1v) is 7.27. The molecule has 98 valence electrons. The number of nitrogens with one attached hydrogen (secondary N) is 2. The monoisotopic (exact) mass is 238 g/mol. The van der Waals surface area contributed by atoms with Crippen molar-refractivity contribution in [2.75, 3.05) is 6.54 Å². The fourth-order valence-corrected chi connectivity index (χ4v) is 3.05. The molecule has 2 aliphatic carbocycles. The first-order chi connectivity index (χ1) is 8.24. The number of amides is 1. The fourth-order valence-electron chi connectivity index (χ4n) is 3.05. The van der Waals surface area contributed by atoms with Crippen molar-refractivity contribution in [1.29, 1.82) is 0 Å². The van der Waals surface area contributed by atoms with E-state index in [0.29, 0.717) is 18.6 Å². The van der Waals surface area contributed by atoms with E-state index in [1.165, 1.54) is 51.4 Å². The smallest absolute Gasteiger partial charge is 0.234 e. The molecule has 0 heterocycles. The highest BCUT2D eigenvalue weighted by atomic mass is 16.1. The van der Waals surface area contributed by atoms with Crippen LogP contribution in [-0.2, 0) is 4.79 Å². The van der Waals surface area contributed by atoms with Crippen molar-refractivity contribution in [2.45, 2.75) is 70.4 Å². The van der Waals surface area contributed by atoms with Gasteiger partial charge in [0.05, 0.1) is 6.54 Å². The summed E-state index contributed by atoms with van der Waals surface area (Å²) in [5.74, 6) is 1.07. The van der Waals surface area contributed by atoms with Crippen LogP contribution in [0.5, 0.6) is 0 Å². The van der Waals surface area contributed by atoms with Crippen molar-refractivity contribution in [3.05, 3.63) is 0 Å². The highest BCUT2D eigenvalue weighted by Gasteiger charge is 2.20. The fraction of sp³-hybridized carbons (Fsp3) is 0.929. The highest BCUT2D eigenvalue weighted by molar-refractivity contribution is 5.78. The summed E-state index contributed by atoms with van der Waals surface area (Å²) in [7, 11) is 0. The van der Waals surface area contributed by atoms with Crippen LogP contribution in [0.25, 0.3) is 0 Å². The Labute approximate surface area is 105 Å². The molecule has 0 atom stereocenters. The van der Waals surface area contributed by atoms with Crippen LogP contribution in [0.3, 0.4) is 0 Å². The zero-order valence-electron chi connectivity index (χ0n) is 11.0. The predicted octanol–water partition coefficient (Wildman–Crippen LogP) is 2.21. The average molecular weight is 238 g/mol. The lowest BCUT2D eigenvalue weighted by Crippen LogP contribution is -2.43. The number of carbonyl (C=O) groups excluding carboxylic acids is 1. The van der Waals surface area contributed by atoms with Crippen LogP contribution in [0.4, 0.5) is 0 Å². The Bertz CT molecular complexity index is 241. The Kier molecular flexibility index (Phi) is 4.84. The van der Waals surface area contributed by atoms with Crippen molar-refractivity contribution in [3.63, 3.8) is 0 Å². The van der Waals surface area contributed by atoms with Gasteiger partial charge in [0.25, 0.3) is 0 Å². The molecule has 2 saturated carbocycles. The molecule has 0 aromatic heterocycles. The molecule has 2 rings (SSSR count). The van der Waals surface area contributed by atoms with Crippen molar-refractivity contribution < 1.29 is 4.79 Å². The largest absolute Gasteiger partial charge is 0.352 e. The predicted molar refractivity (Wildman–Crippen MR) is 69.8 cm³/mol. The van der Waals surface area contributed by atoms with Gasteiger partial charge in [-0.15, -0.1) is 0 Å². The van der Waals surface area contributed by atoms with Gasteiger partial charge in [-0.2, -0.15) is 0 Å². The molecule has 0 saturated heterocycles. The number of rotatable bonds is 4. The molecule has 2 N–H and O–H groups in total. The summed E-state index contributed by atoms with van der Waals surface area (Å²) in [4.78, 5) is 11.7. The van der Waals surface area contributed by atoms with Crippen molar-refractivity contribution in [2.24, 2.45) is 5.92 Å². The van der Waals surface area contributed by atoms with Crippen LogP contribution >= 0.6 is 0 Å². The molecule has 0 aliphatic heterocycles. The third-order valence-electron chi connectivity index (χ3n) is 4.29. The zero-order valence-corrected chi connectivity index (χ0v) is 11.0. The second kappa shape index (κ2) is 6.39. The van der Waals surface area contributed by atoms with E-state index in [1.54, 1.807) is 0 Å². The maximum absolute atomic E-state index is 11.7. The standard InChI is InChI=1S/C14H26N2O/c1-11-6-8-12(9-7-11)15-10-14(17)16-13-4-2-3-5-13/h11-13,15H,2-10H2,1H3,(H,16,17). The SMILES string of the molecule is CC1CCC(NCC(=O)NC2CCCC2)CC1. The Balaban J connectivity index is 1.59. The molecular weight excluding hydrogens is 212 g/mol. The molecule has 2 aliphatic rings. The first kappa shape index (κ1) is 12.9. The topological polar surface area (TPSA) is 41.1 Å². The van der Waals surface area contributed by atoms with Crippen molar-refractivity contribution >= 4 is 5.91 Å². The van der Waals surface area contributed by atoms with Gasteiger partial charge < -0.3 is 10.6 Å². The van der Waals surface area contributed by atoms with E-state index >= 15 is 0 Å². The quantitative estimate of drug-likeness (QED) is 0.788. The van der Waals surface area contributed by atoms with E-state index < -0.39 is 0 Å². The Morgan fingerprint density at radius 2 is 1.65 bits per heavy atom. The lowest BCUT2D eigenvalue weighted by molar-refractivity contribution is -0.121. The van der Waals surface area contributed by atoms with Gasteiger partial charge >= 0.3 is 0 Å². The molecule has 3 nitrogen and oxygen atoms in total. The molecule has 0 bridgehead atoms. The molecule has 0 aromatic carbocycles. The minimum Gasteiger partial charge on any atom is -0.352 e. The summed E-state index contributed by atoms with van der Waals surface area (Å²) in [6, 6.07) is 1.02. The van der Waals surface area contributed by atoms with Crippen molar-refractivity contribution in [1.82, 2.24) is 10.6 Å². The number of carbonyl (C=O) groups is 1. The Hall–Kier alpha value is -0.570. The van der Waals surface area contributed by atoms with Crippen LogP contribution in [0.1, 0.15) is 58.3 Å². The van der Waals surface area contributed by atoms with Gasteiger partial charge in [0.15, 0.2) is 0 Å². The Morgan fingerprint density at radius 1 is 1.00 bits per heavy atom. The molecule has 17 heavy (non-hydrogen) atoms.